The third-order valence-electron chi connectivity index (χ3n) is 2.20. The van der Waals surface area contributed by atoms with Crippen molar-refractivity contribution in [3.63, 3.8) is 0 Å². The van der Waals surface area contributed by atoms with Gasteiger partial charge in [0, 0.05) is 6.54 Å². The van der Waals surface area contributed by atoms with Crippen LogP contribution in [0.5, 0.6) is 5.75 Å². The van der Waals surface area contributed by atoms with Crippen molar-refractivity contribution < 1.29 is 4.74 Å². The SMILES string of the molecule is COc1ccccc1NCCCCSC. The number of thioether (sulfide) groups is 1. The molecule has 15 heavy (non-hydrogen) atoms. The van der Waals surface area contributed by atoms with Gasteiger partial charge in [0.25, 0.3) is 0 Å². The Labute approximate surface area is 96.4 Å². The molecule has 0 spiro atoms. The molecule has 1 rings (SSSR count). The van der Waals surface area contributed by atoms with Gasteiger partial charge in [-0.15, -0.1) is 0 Å². The quantitative estimate of drug-likeness (QED) is 0.720. The van der Waals surface area contributed by atoms with Crippen molar-refractivity contribution in [2.45, 2.75) is 12.8 Å². The lowest BCUT2D eigenvalue weighted by molar-refractivity contribution is 0.416. The zero-order valence-electron chi connectivity index (χ0n) is 9.45. The summed E-state index contributed by atoms with van der Waals surface area (Å²) < 4.78 is 5.26. The molecular formula is C12H19NOS. The largest absolute Gasteiger partial charge is 0.495 e. The van der Waals surface area contributed by atoms with Crippen LogP contribution in [0.15, 0.2) is 24.3 Å². The minimum Gasteiger partial charge on any atom is -0.495 e. The van der Waals surface area contributed by atoms with E-state index >= 15 is 0 Å². The van der Waals surface area contributed by atoms with Crippen molar-refractivity contribution in [2.75, 3.05) is 31.0 Å². The standard InChI is InChI=1S/C12H19NOS/c1-14-12-8-4-3-7-11(12)13-9-5-6-10-15-2/h3-4,7-8,13H,5-6,9-10H2,1-2H3. The van der Waals surface area contributed by atoms with Crippen molar-refractivity contribution in [3.05, 3.63) is 24.3 Å². The Kier molecular flexibility index (Phi) is 6.09. The molecule has 0 aliphatic heterocycles. The molecule has 84 valence electrons. The number of hydrogen-bond donors (Lipinski definition) is 1. The van der Waals surface area contributed by atoms with Gasteiger partial charge in [-0.25, -0.2) is 0 Å². The van der Waals surface area contributed by atoms with E-state index in [0.717, 1.165) is 18.0 Å². The minimum atomic E-state index is 0.919. The molecule has 1 aromatic carbocycles. The molecule has 3 heteroatoms. The van der Waals surface area contributed by atoms with Crippen molar-refractivity contribution in [1.82, 2.24) is 0 Å². The smallest absolute Gasteiger partial charge is 0.141 e. The summed E-state index contributed by atoms with van der Waals surface area (Å²) in [6.45, 7) is 1.01. The number of ether oxygens (including phenoxy) is 1. The highest BCUT2D eigenvalue weighted by Gasteiger charge is 1.99. The van der Waals surface area contributed by atoms with Crippen LogP contribution in [-0.4, -0.2) is 25.7 Å². The molecule has 0 aliphatic carbocycles. The number of methoxy groups -OCH3 is 1. The number of anilines is 1. The van der Waals surface area contributed by atoms with Crippen molar-refractivity contribution in [1.29, 1.82) is 0 Å². The number of rotatable bonds is 7. The van der Waals surface area contributed by atoms with Crippen LogP contribution in [0, 0.1) is 0 Å². The maximum Gasteiger partial charge on any atom is 0.141 e. The molecule has 0 saturated heterocycles. The molecule has 0 atom stereocenters. The summed E-state index contributed by atoms with van der Waals surface area (Å²) in [6, 6.07) is 8.03. The Bertz CT molecular complexity index is 278. The highest BCUT2D eigenvalue weighted by molar-refractivity contribution is 7.98. The topological polar surface area (TPSA) is 21.3 Å². The monoisotopic (exact) mass is 225 g/mol. The van der Waals surface area contributed by atoms with E-state index in [1.165, 1.54) is 18.6 Å². The van der Waals surface area contributed by atoms with Crippen molar-refractivity contribution >= 4 is 17.4 Å². The molecule has 0 aromatic heterocycles. The molecule has 0 amide bonds. The highest BCUT2D eigenvalue weighted by atomic mass is 32.2. The summed E-state index contributed by atoms with van der Waals surface area (Å²) in [7, 11) is 1.70. The van der Waals surface area contributed by atoms with Crippen LogP contribution in [0.3, 0.4) is 0 Å². The van der Waals surface area contributed by atoms with Gasteiger partial charge in [-0.1, -0.05) is 12.1 Å². The van der Waals surface area contributed by atoms with Crippen LogP contribution in [0.4, 0.5) is 5.69 Å². The molecule has 0 fully saturated rings. The first kappa shape index (κ1) is 12.2. The molecule has 0 saturated carbocycles. The van der Waals surface area contributed by atoms with E-state index in [1.807, 2.05) is 36.0 Å². The van der Waals surface area contributed by atoms with Crippen molar-refractivity contribution in [3.8, 4) is 5.75 Å². The second-order valence-corrected chi connectivity index (χ2v) is 4.31. The third-order valence-corrected chi connectivity index (χ3v) is 2.89. The van der Waals surface area contributed by atoms with Gasteiger partial charge in [-0.05, 0) is 37.0 Å². The maximum atomic E-state index is 5.26. The summed E-state index contributed by atoms with van der Waals surface area (Å²) in [5, 5.41) is 3.39. The predicted molar refractivity (Wildman–Crippen MR) is 69.1 cm³/mol. The number of benzene rings is 1. The molecular weight excluding hydrogens is 206 g/mol. The Morgan fingerprint density at radius 2 is 2.07 bits per heavy atom. The summed E-state index contributed by atoms with van der Waals surface area (Å²) in [6.07, 6.45) is 4.62. The van der Waals surface area contributed by atoms with Crippen LogP contribution < -0.4 is 10.1 Å². The lowest BCUT2D eigenvalue weighted by Gasteiger charge is -2.10. The van der Waals surface area contributed by atoms with Crippen LogP contribution in [0.1, 0.15) is 12.8 Å². The zero-order chi connectivity index (χ0) is 10.9. The van der Waals surface area contributed by atoms with Crippen LogP contribution in [-0.2, 0) is 0 Å². The number of para-hydroxylation sites is 2. The summed E-state index contributed by atoms with van der Waals surface area (Å²) in [4.78, 5) is 0. The molecule has 0 heterocycles. The van der Waals surface area contributed by atoms with E-state index in [2.05, 4.69) is 11.6 Å². The highest BCUT2D eigenvalue weighted by Crippen LogP contribution is 2.22. The Morgan fingerprint density at radius 3 is 2.80 bits per heavy atom. The van der Waals surface area contributed by atoms with Gasteiger partial charge < -0.3 is 10.1 Å². The molecule has 0 aliphatic rings. The van der Waals surface area contributed by atoms with Gasteiger partial charge in [0.1, 0.15) is 5.75 Å². The second-order valence-electron chi connectivity index (χ2n) is 3.33. The first-order valence-electron chi connectivity index (χ1n) is 5.24. The lowest BCUT2D eigenvalue weighted by Crippen LogP contribution is -2.03. The van der Waals surface area contributed by atoms with Gasteiger partial charge in [0.05, 0.1) is 12.8 Å². The second kappa shape index (κ2) is 7.46. The van der Waals surface area contributed by atoms with E-state index in [4.69, 9.17) is 4.74 Å². The molecule has 0 bridgehead atoms. The normalized spacial score (nSPS) is 10.0. The zero-order valence-corrected chi connectivity index (χ0v) is 10.3. The Morgan fingerprint density at radius 1 is 1.27 bits per heavy atom. The van der Waals surface area contributed by atoms with E-state index in [1.54, 1.807) is 7.11 Å². The first-order chi connectivity index (χ1) is 7.38. The fourth-order valence-corrected chi connectivity index (χ4v) is 1.88. The van der Waals surface area contributed by atoms with E-state index in [0.29, 0.717) is 0 Å². The Balaban J connectivity index is 2.30. The van der Waals surface area contributed by atoms with Gasteiger partial charge >= 0.3 is 0 Å². The average molecular weight is 225 g/mol. The first-order valence-corrected chi connectivity index (χ1v) is 6.63. The van der Waals surface area contributed by atoms with E-state index < -0.39 is 0 Å². The minimum absolute atomic E-state index is 0.919. The molecule has 2 nitrogen and oxygen atoms in total. The van der Waals surface area contributed by atoms with Gasteiger partial charge in [-0.3, -0.25) is 0 Å². The maximum absolute atomic E-state index is 5.26. The molecule has 0 radical (unpaired) electrons. The molecule has 0 unspecified atom stereocenters. The third kappa shape index (κ3) is 4.47. The van der Waals surface area contributed by atoms with Crippen LogP contribution in [0.25, 0.3) is 0 Å². The fourth-order valence-electron chi connectivity index (χ4n) is 1.39. The van der Waals surface area contributed by atoms with Crippen LogP contribution >= 0.6 is 11.8 Å². The summed E-state index contributed by atoms with van der Waals surface area (Å²) >= 11 is 1.90. The van der Waals surface area contributed by atoms with Crippen LogP contribution in [0.2, 0.25) is 0 Å². The van der Waals surface area contributed by atoms with Gasteiger partial charge in [0.2, 0.25) is 0 Å². The Hall–Kier alpha value is -0.830. The predicted octanol–water partition coefficient (Wildman–Crippen LogP) is 3.25. The van der Waals surface area contributed by atoms with Gasteiger partial charge in [-0.2, -0.15) is 11.8 Å². The molecule has 1 aromatic rings. The van der Waals surface area contributed by atoms with Crippen molar-refractivity contribution in [2.24, 2.45) is 0 Å². The lowest BCUT2D eigenvalue weighted by atomic mass is 10.2. The number of hydrogen-bond acceptors (Lipinski definition) is 3. The van der Waals surface area contributed by atoms with E-state index in [-0.39, 0.29) is 0 Å². The average Bonchev–Trinajstić information content (AvgIpc) is 2.29. The van der Waals surface area contributed by atoms with E-state index in [9.17, 15) is 0 Å². The molecule has 1 N–H and O–H groups in total. The fraction of sp³-hybridized carbons (Fsp3) is 0.500. The van der Waals surface area contributed by atoms with Gasteiger partial charge in [0.15, 0.2) is 0 Å². The summed E-state index contributed by atoms with van der Waals surface area (Å²) in [5.41, 5.74) is 1.09. The number of nitrogens with one attached hydrogen (secondary N) is 1. The number of unbranched alkanes of at least 4 members (excludes halogenated alkanes) is 1. The summed E-state index contributed by atoms with van der Waals surface area (Å²) in [5.74, 6) is 2.16.